The Bertz CT molecular complexity index is 979. The molecule has 0 radical (unpaired) electrons. The summed E-state index contributed by atoms with van der Waals surface area (Å²) in [5, 5.41) is 0. The molecule has 3 rings (SSSR count). The van der Waals surface area contributed by atoms with Crippen LogP contribution in [0.2, 0.25) is 0 Å². The van der Waals surface area contributed by atoms with E-state index in [2.05, 4.69) is 36.9 Å². The molecule has 2 aromatic carbocycles. The van der Waals surface area contributed by atoms with E-state index in [1.165, 1.54) is 11.3 Å². The van der Waals surface area contributed by atoms with Crippen molar-refractivity contribution in [2.24, 2.45) is 4.99 Å². The van der Waals surface area contributed by atoms with Crippen molar-refractivity contribution in [3.8, 4) is 0 Å². The van der Waals surface area contributed by atoms with Crippen LogP contribution in [0.25, 0.3) is 10.2 Å². The summed E-state index contributed by atoms with van der Waals surface area (Å²) in [4.78, 5) is 17.6. The molecule has 1 heterocycles. The normalized spacial score (nSPS) is 12.0. The first-order valence-electron chi connectivity index (χ1n) is 7.79. The summed E-state index contributed by atoms with van der Waals surface area (Å²) in [5.74, 6) is -0.253. The van der Waals surface area contributed by atoms with E-state index in [-0.39, 0.29) is 5.91 Å². The van der Waals surface area contributed by atoms with Gasteiger partial charge in [-0.05, 0) is 43.3 Å². The summed E-state index contributed by atoms with van der Waals surface area (Å²) in [6.45, 7) is 3.87. The molecular weight excluding hydrogens is 468 g/mol. The zero-order chi connectivity index (χ0) is 17.8. The van der Waals surface area contributed by atoms with E-state index in [1.807, 2.05) is 41.8 Å². The first-order chi connectivity index (χ1) is 12.1. The van der Waals surface area contributed by atoms with E-state index in [0.29, 0.717) is 30.1 Å². The molecule has 3 aromatic rings. The maximum absolute atomic E-state index is 12.6. The van der Waals surface area contributed by atoms with Crippen molar-refractivity contribution in [1.29, 1.82) is 0 Å². The fourth-order valence-electron chi connectivity index (χ4n) is 2.42. The maximum Gasteiger partial charge on any atom is 0.279 e. The second-order valence-corrected chi connectivity index (χ2v) is 8.11. The van der Waals surface area contributed by atoms with Crippen LogP contribution in [0.4, 0.5) is 0 Å². The predicted octanol–water partition coefficient (Wildman–Crippen LogP) is 5.01. The Morgan fingerprint density at radius 2 is 2.00 bits per heavy atom. The highest BCUT2D eigenvalue weighted by Gasteiger charge is 2.10. The molecule has 0 aliphatic heterocycles. The molecule has 0 N–H and O–H groups in total. The Morgan fingerprint density at radius 1 is 1.20 bits per heavy atom. The number of carbonyl (C=O) groups is 1. The highest BCUT2D eigenvalue weighted by molar-refractivity contribution is 9.10. The third-order valence-electron chi connectivity index (χ3n) is 3.58. The summed E-state index contributed by atoms with van der Waals surface area (Å²) in [7, 11) is 0. The predicted molar refractivity (Wildman–Crippen MR) is 108 cm³/mol. The van der Waals surface area contributed by atoms with Gasteiger partial charge >= 0.3 is 0 Å². The van der Waals surface area contributed by atoms with Crippen molar-refractivity contribution in [2.75, 3.05) is 13.2 Å². The highest BCUT2D eigenvalue weighted by Crippen LogP contribution is 2.22. The lowest BCUT2D eigenvalue weighted by Crippen LogP contribution is -2.19. The number of ether oxygens (including phenoxy) is 1. The molecule has 0 saturated carbocycles. The smallest absolute Gasteiger partial charge is 0.279 e. The molecule has 0 fully saturated rings. The van der Waals surface area contributed by atoms with Gasteiger partial charge in [0.2, 0.25) is 0 Å². The molecule has 4 nitrogen and oxygen atoms in total. The maximum atomic E-state index is 12.6. The first-order valence-corrected chi connectivity index (χ1v) is 10.2. The fraction of sp³-hybridized carbons (Fsp3) is 0.222. The lowest BCUT2D eigenvalue weighted by atomic mass is 10.2. The topological polar surface area (TPSA) is 43.6 Å². The molecule has 0 spiro atoms. The SMILES string of the molecule is CCOCCn1c(=NC(=O)c2cccc(Br)c2)sc2cc(Br)ccc21. The number of rotatable bonds is 5. The molecule has 25 heavy (non-hydrogen) atoms. The summed E-state index contributed by atoms with van der Waals surface area (Å²) in [6.07, 6.45) is 0. The lowest BCUT2D eigenvalue weighted by Gasteiger charge is -2.05. The molecule has 0 aliphatic carbocycles. The Hall–Kier alpha value is -1.28. The van der Waals surface area contributed by atoms with E-state index in [1.54, 1.807) is 12.1 Å². The van der Waals surface area contributed by atoms with Gasteiger partial charge in [0, 0.05) is 27.7 Å². The van der Waals surface area contributed by atoms with Crippen molar-refractivity contribution < 1.29 is 9.53 Å². The standard InChI is InChI=1S/C18H16Br2N2O2S/c1-2-24-9-8-22-15-7-6-14(20)11-16(15)25-18(22)21-17(23)12-4-3-5-13(19)10-12/h3-7,10-11H,2,8-9H2,1H3. The number of halogens is 2. The van der Waals surface area contributed by atoms with Crippen molar-refractivity contribution in [3.05, 3.63) is 61.8 Å². The van der Waals surface area contributed by atoms with Gasteiger partial charge in [0.15, 0.2) is 4.80 Å². The van der Waals surface area contributed by atoms with Crippen molar-refractivity contribution in [2.45, 2.75) is 13.5 Å². The van der Waals surface area contributed by atoms with Gasteiger partial charge in [-0.3, -0.25) is 4.79 Å². The molecule has 130 valence electrons. The number of aromatic nitrogens is 1. The van der Waals surface area contributed by atoms with Crippen molar-refractivity contribution in [1.82, 2.24) is 4.57 Å². The third-order valence-corrected chi connectivity index (χ3v) is 5.60. The van der Waals surface area contributed by atoms with E-state index in [0.717, 1.165) is 19.2 Å². The van der Waals surface area contributed by atoms with Crippen LogP contribution in [-0.2, 0) is 11.3 Å². The van der Waals surface area contributed by atoms with Gasteiger partial charge in [-0.1, -0.05) is 49.3 Å². The molecule has 0 aliphatic rings. The first kappa shape index (κ1) is 18.5. The largest absolute Gasteiger partial charge is 0.380 e. The van der Waals surface area contributed by atoms with Crippen LogP contribution in [0.5, 0.6) is 0 Å². The Morgan fingerprint density at radius 3 is 2.76 bits per heavy atom. The number of amides is 1. The zero-order valence-corrected chi connectivity index (χ0v) is 17.5. The number of nitrogens with zero attached hydrogens (tertiary/aromatic N) is 2. The van der Waals surface area contributed by atoms with Gasteiger partial charge in [-0.2, -0.15) is 4.99 Å². The van der Waals surface area contributed by atoms with Crippen LogP contribution in [0, 0.1) is 0 Å². The van der Waals surface area contributed by atoms with Gasteiger partial charge in [0.1, 0.15) is 0 Å². The van der Waals surface area contributed by atoms with Gasteiger partial charge in [-0.25, -0.2) is 0 Å². The van der Waals surface area contributed by atoms with Crippen LogP contribution >= 0.6 is 43.2 Å². The van der Waals surface area contributed by atoms with E-state index in [4.69, 9.17) is 4.74 Å². The van der Waals surface area contributed by atoms with Gasteiger partial charge < -0.3 is 9.30 Å². The summed E-state index contributed by atoms with van der Waals surface area (Å²) >= 11 is 8.39. The molecular formula is C18H16Br2N2O2S. The second kappa shape index (κ2) is 8.40. The van der Waals surface area contributed by atoms with Crippen molar-refractivity contribution >= 4 is 59.3 Å². The molecule has 7 heteroatoms. The minimum Gasteiger partial charge on any atom is -0.380 e. The summed E-state index contributed by atoms with van der Waals surface area (Å²) in [6, 6.07) is 13.3. The van der Waals surface area contributed by atoms with Crippen LogP contribution in [0.3, 0.4) is 0 Å². The van der Waals surface area contributed by atoms with Crippen molar-refractivity contribution in [3.63, 3.8) is 0 Å². The third kappa shape index (κ3) is 4.47. The molecule has 0 unspecified atom stereocenters. The minimum atomic E-state index is -0.253. The highest BCUT2D eigenvalue weighted by atomic mass is 79.9. The molecule has 0 bridgehead atoms. The van der Waals surface area contributed by atoms with Crippen LogP contribution < -0.4 is 4.80 Å². The number of thiazole rings is 1. The molecule has 1 amide bonds. The van der Waals surface area contributed by atoms with Gasteiger partial charge in [0.25, 0.3) is 5.91 Å². The summed E-state index contributed by atoms with van der Waals surface area (Å²) in [5.41, 5.74) is 1.61. The quantitative estimate of drug-likeness (QED) is 0.479. The van der Waals surface area contributed by atoms with Crippen LogP contribution in [0.15, 0.2) is 56.4 Å². The van der Waals surface area contributed by atoms with E-state index >= 15 is 0 Å². The number of benzene rings is 2. The molecule has 1 aromatic heterocycles. The van der Waals surface area contributed by atoms with E-state index < -0.39 is 0 Å². The summed E-state index contributed by atoms with van der Waals surface area (Å²) < 4.78 is 10.5. The average molecular weight is 484 g/mol. The molecule has 0 saturated heterocycles. The Labute approximate surface area is 166 Å². The lowest BCUT2D eigenvalue weighted by molar-refractivity contribution is 0.0996. The second-order valence-electron chi connectivity index (χ2n) is 5.27. The fourth-order valence-corrected chi connectivity index (χ4v) is 4.43. The minimum absolute atomic E-state index is 0.253. The van der Waals surface area contributed by atoms with Crippen LogP contribution in [0.1, 0.15) is 17.3 Å². The van der Waals surface area contributed by atoms with Gasteiger partial charge in [-0.15, -0.1) is 0 Å². The monoisotopic (exact) mass is 482 g/mol. The number of hydrogen-bond donors (Lipinski definition) is 0. The zero-order valence-electron chi connectivity index (χ0n) is 13.5. The Kier molecular flexibility index (Phi) is 6.22. The Balaban J connectivity index is 2.06. The van der Waals surface area contributed by atoms with Crippen LogP contribution in [-0.4, -0.2) is 23.7 Å². The van der Waals surface area contributed by atoms with E-state index in [9.17, 15) is 4.79 Å². The number of carbonyl (C=O) groups excluding carboxylic acids is 1. The van der Waals surface area contributed by atoms with Gasteiger partial charge in [0.05, 0.1) is 16.8 Å². The average Bonchev–Trinajstić information content (AvgIpc) is 2.91. The molecule has 0 atom stereocenters. The number of hydrogen-bond acceptors (Lipinski definition) is 3. The number of fused-ring (bicyclic) bond motifs is 1.